The van der Waals surface area contributed by atoms with Crippen molar-refractivity contribution in [3.8, 4) is 0 Å². The summed E-state index contributed by atoms with van der Waals surface area (Å²) in [6.45, 7) is 2.79. The molecule has 0 bridgehead atoms. The molecule has 1 spiro atoms. The molecule has 3 aromatic carbocycles. The van der Waals surface area contributed by atoms with Crippen molar-refractivity contribution in [2.24, 2.45) is 0 Å². The van der Waals surface area contributed by atoms with Crippen LogP contribution in [0.3, 0.4) is 0 Å². The molecule has 6 heteroatoms. The highest BCUT2D eigenvalue weighted by molar-refractivity contribution is 6.30. The van der Waals surface area contributed by atoms with E-state index in [0.717, 1.165) is 28.8 Å². The molecule has 0 N–H and O–H groups in total. The summed E-state index contributed by atoms with van der Waals surface area (Å²) in [5, 5.41) is 0.699. The van der Waals surface area contributed by atoms with Gasteiger partial charge in [-0.15, -0.1) is 0 Å². The summed E-state index contributed by atoms with van der Waals surface area (Å²) >= 11 is 6.09. The van der Waals surface area contributed by atoms with Crippen molar-refractivity contribution in [2.75, 3.05) is 31.2 Å². The average Bonchev–Trinajstić information content (AvgIpc) is 3.59. The lowest BCUT2D eigenvalue weighted by molar-refractivity contribution is -0.120. The van der Waals surface area contributed by atoms with Gasteiger partial charge in [0, 0.05) is 35.3 Å². The Bertz CT molecular complexity index is 1270. The van der Waals surface area contributed by atoms with Crippen LogP contribution in [0.5, 0.6) is 0 Å². The van der Waals surface area contributed by atoms with E-state index in [-0.39, 0.29) is 17.7 Å². The third-order valence-electron chi connectivity index (χ3n) is 7.35. The maximum absolute atomic E-state index is 13.9. The summed E-state index contributed by atoms with van der Waals surface area (Å²) in [6, 6.07) is 23.6. The van der Waals surface area contributed by atoms with E-state index < -0.39 is 5.41 Å². The molecule has 3 aromatic rings. The fourth-order valence-electron chi connectivity index (χ4n) is 5.54. The molecule has 2 atom stereocenters. The summed E-state index contributed by atoms with van der Waals surface area (Å²) in [5.74, 6) is 0.302. The van der Waals surface area contributed by atoms with Crippen LogP contribution in [0.25, 0.3) is 0 Å². The van der Waals surface area contributed by atoms with Gasteiger partial charge in [-0.25, -0.2) is 0 Å². The van der Waals surface area contributed by atoms with Crippen LogP contribution in [0, 0.1) is 0 Å². The van der Waals surface area contributed by atoms with Crippen LogP contribution in [0.2, 0.25) is 5.02 Å². The quantitative estimate of drug-likeness (QED) is 0.549. The van der Waals surface area contributed by atoms with Crippen molar-refractivity contribution in [3.63, 3.8) is 0 Å². The van der Waals surface area contributed by atoms with Crippen molar-refractivity contribution < 1.29 is 14.3 Å². The standard InChI is InChI=1S/C28H25ClN2O3/c29-22-10-8-20(9-11-22)24-17-28(24)23-6-1-2-7-25(23)31(27(28)33)18-19-4-3-5-21(16-19)26(32)30-12-14-34-15-13-30/h1-11,16,24H,12-15,17-18H2/t24-,28-/m0/s1. The van der Waals surface area contributed by atoms with Crippen molar-refractivity contribution in [2.45, 2.75) is 24.3 Å². The second-order valence-electron chi connectivity index (χ2n) is 9.29. The number of hydrogen-bond acceptors (Lipinski definition) is 3. The van der Waals surface area contributed by atoms with Gasteiger partial charge < -0.3 is 14.5 Å². The first kappa shape index (κ1) is 21.4. The fourth-order valence-corrected chi connectivity index (χ4v) is 5.66. The zero-order valence-corrected chi connectivity index (χ0v) is 19.5. The Hall–Kier alpha value is -3.15. The molecular weight excluding hydrogens is 448 g/mol. The smallest absolute Gasteiger partial charge is 0.254 e. The van der Waals surface area contributed by atoms with E-state index in [2.05, 4.69) is 6.07 Å². The summed E-state index contributed by atoms with van der Waals surface area (Å²) < 4.78 is 5.37. The van der Waals surface area contributed by atoms with Crippen LogP contribution in [0.15, 0.2) is 72.8 Å². The van der Waals surface area contributed by atoms with E-state index in [1.54, 1.807) is 0 Å². The molecule has 0 unspecified atom stereocenters. The first-order valence-electron chi connectivity index (χ1n) is 11.7. The number of nitrogens with zero attached hydrogens (tertiary/aromatic N) is 2. The molecule has 5 nitrogen and oxygen atoms in total. The highest BCUT2D eigenvalue weighted by atomic mass is 35.5. The monoisotopic (exact) mass is 472 g/mol. The van der Waals surface area contributed by atoms with Crippen molar-refractivity contribution in [1.29, 1.82) is 0 Å². The van der Waals surface area contributed by atoms with Gasteiger partial charge in [0.25, 0.3) is 5.91 Å². The highest BCUT2D eigenvalue weighted by Crippen LogP contribution is 2.66. The minimum absolute atomic E-state index is 0.0137. The second kappa shape index (κ2) is 8.26. The van der Waals surface area contributed by atoms with Gasteiger partial charge in [-0.1, -0.05) is 54.1 Å². The summed E-state index contributed by atoms with van der Waals surface area (Å²) in [7, 11) is 0. The number of rotatable bonds is 4. The molecule has 1 aliphatic carbocycles. The van der Waals surface area contributed by atoms with Crippen LogP contribution in [-0.2, 0) is 21.5 Å². The molecule has 1 saturated heterocycles. The maximum atomic E-state index is 13.9. The number of anilines is 1. The Morgan fingerprint density at radius 2 is 1.76 bits per heavy atom. The minimum atomic E-state index is -0.508. The van der Waals surface area contributed by atoms with Crippen molar-refractivity contribution in [1.82, 2.24) is 4.90 Å². The normalized spacial score (nSPS) is 23.3. The second-order valence-corrected chi connectivity index (χ2v) is 9.73. The first-order chi connectivity index (χ1) is 16.6. The van der Waals surface area contributed by atoms with Crippen LogP contribution >= 0.6 is 11.6 Å². The Labute approximate surface area is 203 Å². The van der Waals surface area contributed by atoms with Crippen LogP contribution in [0.4, 0.5) is 5.69 Å². The zero-order valence-electron chi connectivity index (χ0n) is 18.7. The number of ether oxygens (including phenoxy) is 1. The van der Waals surface area contributed by atoms with E-state index in [1.165, 1.54) is 0 Å². The van der Waals surface area contributed by atoms with Crippen LogP contribution < -0.4 is 4.90 Å². The zero-order chi connectivity index (χ0) is 23.3. The molecule has 2 fully saturated rings. The topological polar surface area (TPSA) is 49.9 Å². The highest BCUT2D eigenvalue weighted by Gasteiger charge is 2.67. The average molecular weight is 473 g/mol. The number of morpholine rings is 1. The Morgan fingerprint density at radius 3 is 2.56 bits per heavy atom. The van der Waals surface area contributed by atoms with Gasteiger partial charge in [0.2, 0.25) is 5.91 Å². The molecule has 0 radical (unpaired) electrons. The van der Waals surface area contributed by atoms with E-state index >= 15 is 0 Å². The molecule has 172 valence electrons. The van der Waals surface area contributed by atoms with Crippen LogP contribution in [0.1, 0.15) is 39.4 Å². The van der Waals surface area contributed by atoms with Crippen LogP contribution in [-0.4, -0.2) is 43.0 Å². The number of benzene rings is 3. The SMILES string of the molecule is O=C(c1cccc(CN2C(=O)[C@@]3(C[C@H]3c3ccc(Cl)cc3)c3ccccc32)c1)N1CCOCC1. The summed E-state index contributed by atoms with van der Waals surface area (Å²) in [6.07, 6.45) is 0.802. The Morgan fingerprint density at radius 1 is 1.00 bits per heavy atom. The molecular formula is C28H25ClN2O3. The number of fused-ring (bicyclic) bond motifs is 2. The van der Waals surface area contributed by atoms with Crippen molar-refractivity contribution >= 4 is 29.1 Å². The first-order valence-corrected chi connectivity index (χ1v) is 12.1. The van der Waals surface area contributed by atoms with Gasteiger partial charge in [0.05, 0.1) is 25.2 Å². The number of halogens is 1. The lowest BCUT2D eigenvalue weighted by Crippen LogP contribution is -2.40. The maximum Gasteiger partial charge on any atom is 0.254 e. The Balaban J connectivity index is 1.28. The van der Waals surface area contributed by atoms with Gasteiger partial charge in [0.15, 0.2) is 0 Å². The molecule has 6 rings (SSSR count). The number of para-hydroxylation sites is 1. The molecule has 2 amide bonds. The number of carbonyl (C=O) groups is 2. The van der Waals surface area contributed by atoms with Gasteiger partial charge in [-0.3, -0.25) is 9.59 Å². The number of hydrogen-bond donors (Lipinski definition) is 0. The van der Waals surface area contributed by atoms with Crippen molar-refractivity contribution in [3.05, 3.63) is 100 Å². The number of carbonyl (C=O) groups excluding carboxylic acids is 2. The molecule has 2 heterocycles. The number of amides is 2. The molecule has 1 saturated carbocycles. The van der Waals surface area contributed by atoms with Gasteiger partial charge in [-0.2, -0.15) is 0 Å². The van der Waals surface area contributed by atoms with Gasteiger partial charge in [0.1, 0.15) is 0 Å². The summed E-state index contributed by atoms with van der Waals surface area (Å²) in [4.78, 5) is 30.6. The minimum Gasteiger partial charge on any atom is -0.378 e. The largest absolute Gasteiger partial charge is 0.378 e. The van der Waals surface area contributed by atoms with Gasteiger partial charge >= 0.3 is 0 Å². The predicted octanol–water partition coefficient (Wildman–Crippen LogP) is 4.78. The molecule has 0 aromatic heterocycles. The predicted molar refractivity (Wildman–Crippen MR) is 131 cm³/mol. The third kappa shape index (κ3) is 3.42. The molecule has 2 aliphatic heterocycles. The van der Waals surface area contributed by atoms with E-state index in [4.69, 9.17) is 16.3 Å². The lowest BCUT2D eigenvalue weighted by Gasteiger charge is -2.27. The fraction of sp³-hybridized carbons (Fsp3) is 0.286. The Kier molecular flexibility index (Phi) is 5.19. The third-order valence-corrected chi connectivity index (χ3v) is 7.60. The lowest BCUT2D eigenvalue weighted by atomic mass is 9.92. The van der Waals surface area contributed by atoms with E-state index in [1.807, 2.05) is 76.5 Å². The summed E-state index contributed by atoms with van der Waals surface area (Å²) in [5.41, 5.74) is 4.30. The molecule has 34 heavy (non-hydrogen) atoms. The van der Waals surface area contributed by atoms with Gasteiger partial charge in [-0.05, 0) is 53.4 Å². The molecule has 3 aliphatic rings. The van der Waals surface area contributed by atoms with E-state index in [0.29, 0.717) is 43.4 Å². The van der Waals surface area contributed by atoms with E-state index in [9.17, 15) is 9.59 Å².